The molecule has 1 aliphatic heterocycles. The van der Waals surface area contributed by atoms with Crippen LogP contribution in [-0.4, -0.2) is 54.1 Å². The highest BCUT2D eigenvalue weighted by Gasteiger charge is 2.25. The topological polar surface area (TPSA) is 83.2 Å². The fourth-order valence-corrected chi connectivity index (χ4v) is 4.75. The molecule has 1 N–H and O–H groups in total. The highest BCUT2D eigenvalue weighted by Crippen LogP contribution is 2.31. The smallest absolute Gasteiger partial charge is 0.253 e. The van der Waals surface area contributed by atoms with Crippen molar-refractivity contribution >= 4 is 16.9 Å². The number of benzene rings is 3. The van der Waals surface area contributed by atoms with E-state index in [-0.39, 0.29) is 17.1 Å². The Morgan fingerprint density at radius 1 is 0.972 bits per heavy atom. The summed E-state index contributed by atoms with van der Waals surface area (Å²) in [5.74, 6) is 1.30. The molecule has 2 heterocycles. The summed E-state index contributed by atoms with van der Waals surface area (Å²) < 4.78 is 11.3. The van der Waals surface area contributed by atoms with E-state index in [2.05, 4.69) is 4.90 Å². The first-order valence-electron chi connectivity index (χ1n) is 12.0. The second-order valence-electron chi connectivity index (χ2n) is 8.97. The molecule has 0 aliphatic carbocycles. The number of fused-ring (bicyclic) bond motifs is 1. The van der Waals surface area contributed by atoms with E-state index in [1.54, 1.807) is 50.4 Å². The molecule has 1 aliphatic rings. The number of hydrogen-bond donors (Lipinski definition) is 1. The quantitative estimate of drug-likeness (QED) is 0.451. The van der Waals surface area contributed by atoms with Crippen LogP contribution in [0.15, 0.2) is 75.9 Å². The number of piperazine rings is 1. The van der Waals surface area contributed by atoms with Crippen LogP contribution in [0.3, 0.4) is 0 Å². The van der Waals surface area contributed by atoms with Crippen LogP contribution in [0.1, 0.15) is 21.7 Å². The lowest BCUT2D eigenvalue weighted by molar-refractivity contribution is 0.0627. The number of phenolic OH excluding ortho intramolecular Hbond substituents is 1. The fourth-order valence-electron chi connectivity index (χ4n) is 4.75. The van der Waals surface area contributed by atoms with E-state index in [4.69, 9.17) is 9.15 Å². The molecule has 1 fully saturated rings. The van der Waals surface area contributed by atoms with Crippen molar-refractivity contribution in [2.45, 2.75) is 13.5 Å². The number of nitrogens with zero attached hydrogens (tertiary/aromatic N) is 2. The number of rotatable bonds is 5. The van der Waals surface area contributed by atoms with Crippen LogP contribution < -0.4 is 10.2 Å². The monoisotopic (exact) mass is 484 g/mol. The lowest BCUT2D eigenvalue weighted by Gasteiger charge is -2.35. The number of aromatic hydroxyl groups is 1. The van der Waals surface area contributed by atoms with Crippen molar-refractivity contribution in [3.8, 4) is 22.6 Å². The van der Waals surface area contributed by atoms with Gasteiger partial charge in [-0.1, -0.05) is 30.3 Å². The van der Waals surface area contributed by atoms with E-state index in [1.165, 1.54) is 0 Å². The maximum Gasteiger partial charge on any atom is 0.253 e. The van der Waals surface area contributed by atoms with Crippen LogP contribution in [0.5, 0.6) is 11.5 Å². The summed E-state index contributed by atoms with van der Waals surface area (Å²) in [5.41, 5.74) is 2.85. The molecule has 1 aromatic heterocycles. The van der Waals surface area contributed by atoms with Crippen molar-refractivity contribution in [2.24, 2.45) is 0 Å². The highest BCUT2D eigenvalue weighted by atomic mass is 16.5. The first kappa shape index (κ1) is 23.6. The van der Waals surface area contributed by atoms with E-state index in [0.717, 1.165) is 5.56 Å². The Morgan fingerprint density at radius 3 is 2.33 bits per heavy atom. The molecular weight excluding hydrogens is 456 g/mol. The lowest BCUT2D eigenvalue weighted by Crippen LogP contribution is -2.48. The van der Waals surface area contributed by atoms with E-state index in [0.29, 0.717) is 71.9 Å². The minimum atomic E-state index is -0.115. The van der Waals surface area contributed by atoms with E-state index in [9.17, 15) is 14.7 Å². The molecule has 0 radical (unpaired) electrons. The summed E-state index contributed by atoms with van der Waals surface area (Å²) in [6.07, 6.45) is 0. The van der Waals surface area contributed by atoms with Crippen molar-refractivity contribution < 1.29 is 19.1 Å². The van der Waals surface area contributed by atoms with Gasteiger partial charge in [-0.15, -0.1) is 0 Å². The summed E-state index contributed by atoms with van der Waals surface area (Å²) in [6, 6.07) is 19.8. The third-order valence-corrected chi connectivity index (χ3v) is 6.76. The van der Waals surface area contributed by atoms with Gasteiger partial charge in [-0.05, 0) is 48.9 Å². The summed E-state index contributed by atoms with van der Waals surface area (Å²) >= 11 is 0. The molecule has 7 heteroatoms. The zero-order valence-electron chi connectivity index (χ0n) is 20.4. The second-order valence-corrected chi connectivity index (χ2v) is 8.97. The van der Waals surface area contributed by atoms with Crippen LogP contribution in [0.2, 0.25) is 0 Å². The molecule has 3 aromatic carbocycles. The van der Waals surface area contributed by atoms with Gasteiger partial charge in [0.25, 0.3) is 5.91 Å². The normalized spacial score (nSPS) is 14.2. The van der Waals surface area contributed by atoms with Crippen LogP contribution in [0.4, 0.5) is 0 Å². The molecule has 184 valence electrons. The summed E-state index contributed by atoms with van der Waals surface area (Å²) in [7, 11) is 1.60. The van der Waals surface area contributed by atoms with E-state index >= 15 is 0 Å². The van der Waals surface area contributed by atoms with Crippen LogP contribution >= 0.6 is 0 Å². The molecular formula is C29H28N2O5. The van der Waals surface area contributed by atoms with Gasteiger partial charge in [0.2, 0.25) is 5.43 Å². The first-order chi connectivity index (χ1) is 17.5. The predicted octanol–water partition coefficient (Wildman–Crippen LogP) is 4.44. The maximum absolute atomic E-state index is 13.4. The summed E-state index contributed by atoms with van der Waals surface area (Å²) in [5, 5.41) is 11.1. The average molecular weight is 485 g/mol. The Bertz CT molecular complexity index is 1450. The predicted molar refractivity (Wildman–Crippen MR) is 138 cm³/mol. The van der Waals surface area contributed by atoms with Crippen LogP contribution in [0.25, 0.3) is 22.1 Å². The van der Waals surface area contributed by atoms with Gasteiger partial charge in [-0.3, -0.25) is 14.5 Å². The number of amides is 1. The number of carbonyl (C=O) groups is 1. The van der Waals surface area contributed by atoms with Gasteiger partial charge in [-0.2, -0.15) is 0 Å². The summed E-state index contributed by atoms with van der Waals surface area (Å²) in [4.78, 5) is 30.3. The zero-order chi connectivity index (χ0) is 25.2. The molecule has 5 rings (SSSR count). The standard InChI is InChI=1S/C29H28N2O5/c1-19-26(20-6-4-3-5-7-20)27(33)23-12-13-25(32)24(28(23)36-19)18-30-14-16-31(17-15-30)29(34)21-8-10-22(35-2)11-9-21/h3-13,32H,14-18H2,1-2H3. The zero-order valence-corrected chi connectivity index (χ0v) is 20.4. The Morgan fingerprint density at radius 2 is 1.67 bits per heavy atom. The molecule has 0 bridgehead atoms. The number of hydrogen-bond acceptors (Lipinski definition) is 6. The Kier molecular flexibility index (Phi) is 6.48. The van der Waals surface area contributed by atoms with Gasteiger partial charge >= 0.3 is 0 Å². The van der Waals surface area contributed by atoms with Crippen LogP contribution in [-0.2, 0) is 6.54 Å². The number of carbonyl (C=O) groups excluding carboxylic acids is 1. The molecule has 0 atom stereocenters. The SMILES string of the molecule is COc1ccc(C(=O)N2CCN(Cc3c(O)ccc4c(=O)c(-c5ccccc5)c(C)oc34)CC2)cc1. The van der Waals surface area contributed by atoms with Gasteiger partial charge in [0.05, 0.1) is 23.6 Å². The third kappa shape index (κ3) is 4.45. The number of aryl methyl sites for hydroxylation is 1. The second kappa shape index (κ2) is 9.87. The minimum Gasteiger partial charge on any atom is -0.507 e. The van der Waals surface area contributed by atoms with Gasteiger partial charge in [-0.25, -0.2) is 0 Å². The lowest BCUT2D eigenvalue weighted by atomic mass is 10.0. The van der Waals surface area contributed by atoms with Crippen LogP contribution in [0, 0.1) is 6.92 Å². The number of phenols is 1. The van der Waals surface area contributed by atoms with E-state index < -0.39 is 0 Å². The van der Waals surface area contributed by atoms with Gasteiger partial charge < -0.3 is 19.2 Å². The molecule has 0 spiro atoms. The van der Waals surface area contributed by atoms with Crippen molar-refractivity contribution in [3.05, 3.63) is 93.8 Å². The maximum atomic E-state index is 13.4. The summed E-state index contributed by atoms with van der Waals surface area (Å²) in [6.45, 7) is 4.61. The third-order valence-electron chi connectivity index (χ3n) is 6.76. The molecule has 1 amide bonds. The van der Waals surface area contributed by atoms with Gasteiger partial charge in [0.15, 0.2) is 0 Å². The Hall–Kier alpha value is -4.10. The van der Waals surface area contributed by atoms with Crippen molar-refractivity contribution in [3.63, 3.8) is 0 Å². The molecule has 7 nitrogen and oxygen atoms in total. The average Bonchev–Trinajstić information content (AvgIpc) is 2.91. The Labute approximate surface area is 209 Å². The number of methoxy groups -OCH3 is 1. The molecule has 0 unspecified atom stereocenters. The molecule has 1 saturated heterocycles. The Balaban J connectivity index is 1.36. The van der Waals surface area contributed by atoms with E-state index in [1.807, 2.05) is 35.2 Å². The first-order valence-corrected chi connectivity index (χ1v) is 12.0. The van der Waals surface area contributed by atoms with Crippen molar-refractivity contribution in [2.75, 3.05) is 33.3 Å². The minimum absolute atomic E-state index is 0.0135. The fraction of sp³-hybridized carbons (Fsp3) is 0.241. The molecule has 36 heavy (non-hydrogen) atoms. The largest absolute Gasteiger partial charge is 0.507 e. The van der Waals surface area contributed by atoms with Crippen molar-refractivity contribution in [1.82, 2.24) is 9.80 Å². The molecule has 4 aromatic rings. The van der Waals surface area contributed by atoms with Gasteiger partial charge in [0, 0.05) is 38.3 Å². The van der Waals surface area contributed by atoms with Gasteiger partial charge in [0.1, 0.15) is 22.8 Å². The molecule has 0 saturated carbocycles. The number of ether oxygens (including phenoxy) is 1. The van der Waals surface area contributed by atoms with Crippen molar-refractivity contribution in [1.29, 1.82) is 0 Å². The highest BCUT2D eigenvalue weighted by molar-refractivity contribution is 5.94.